The van der Waals surface area contributed by atoms with Crippen molar-refractivity contribution >= 4 is 9.24 Å². The van der Waals surface area contributed by atoms with Gasteiger partial charge in [-0.25, -0.2) is 0 Å². The lowest BCUT2D eigenvalue weighted by atomic mass is 10.3. The van der Waals surface area contributed by atoms with Gasteiger partial charge in [0.1, 0.15) is 0 Å². The zero-order valence-electron chi connectivity index (χ0n) is 5.58. The zero-order chi connectivity index (χ0) is 7.90. The van der Waals surface area contributed by atoms with Crippen molar-refractivity contribution in [3.63, 3.8) is 0 Å². The molecule has 1 unspecified atom stereocenters. The van der Waals surface area contributed by atoms with E-state index in [9.17, 15) is 4.39 Å². The Kier molecular flexibility index (Phi) is 1.30. The molecule has 0 aromatic heterocycles. The molecule has 1 aliphatic rings. The molecule has 1 aromatic carbocycles. The highest BCUT2D eigenvalue weighted by Gasteiger charge is 2.36. The second-order valence-corrected chi connectivity index (χ2v) is 2.92. The number of ether oxygens (including phenoxy) is 2. The molecule has 1 atom stereocenters. The minimum atomic E-state index is -2.08. The summed E-state index contributed by atoms with van der Waals surface area (Å²) in [5.41, 5.74) is 0. The van der Waals surface area contributed by atoms with Crippen LogP contribution >= 0.6 is 9.24 Å². The van der Waals surface area contributed by atoms with E-state index >= 15 is 0 Å². The van der Waals surface area contributed by atoms with Gasteiger partial charge in [0.2, 0.25) is 0 Å². The number of fused-ring (bicyclic) bond motifs is 1. The Morgan fingerprint density at radius 3 is 2.09 bits per heavy atom. The number of rotatable bonds is 0. The van der Waals surface area contributed by atoms with Crippen LogP contribution in [0.1, 0.15) is 0 Å². The summed E-state index contributed by atoms with van der Waals surface area (Å²) in [6, 6.07) is 6.82. The van der Waals surface area contributed by atoms with Crippen LogP contribution in [0.25, 0.3) is 0 Å². The monoisotopic (exact) mass is 172 g/mol. The molecule has 0 spiro atoms. The molecule has 0 radical (unpaired) electrons. The summed E-state index contributed by atoms with van der Waals surface area (Å²) in [6.45, 7) is 0. The first-order valence-corrected chi connectivity index (χ1v) is 3.70. The molecule has 0 fully saturated rings. The Morgan fingerprint density at radius 1 is 1.18 bits per heavy atom. The smallest absolute Gasteiger partial charge is 0.418 e. The molecule has 11 heavy (non-hydrogen) atoms. The SMILES string of the molecule is FC1(P)Oc2ccccc2O1. The number of benzene rings is 1. The molecular weight excluding hydrogens is 166 g/mol. The molecule has 0 amide bonds. The number of halogens is 1. The fourth-order valence-electron chi connectivity index (χ4n) is 0.940. The van der Waals surface area contributed by atoms with Gasteiger partial charge in [-0.05, 0) is 21.4 Å². The highest BCUT2D eigenvalue weighted by molar-refractivity contribution is 7.18. The van der Waals surface area contributed by atoms with Crippen LogP contribution in [0.15, 0.2) is 24.3 Å². The van der Waals surface area contributed by atoms with Gasteiger partial charge < -0.3 is 9.47 Å². The molecule has 0 N–H and O–H groups in total. The summed E-state index contributed by atoms with van der Waals surface area (Å²) >= 11 is 0. The fraction of sp³-hybridized carbons (Fsp3) is 0.143. The summed E-state index contributed by atoms with van der Waals surface area (Å²) in [5.74, 6) is -1.21. The maximum Gasteiger partial charge on any atom is 0.418 e. The third-order valence-electron chi connectivity index (χ3n) is 1.35. The second kappa shape index (κ2) is 2.08. The quantitative estimate of drug-likeness (QED) is 0.556. The van der Waals surface area contributed by atoms with Gasteiger partial charge in [0.25, 0.3) is 0 Å². The molecule has 2 rings (SSSR count). The van der Waals surface area contributed by atoms with Crippen molar-refractivity contribution in [1.82, 2.24) is 0 Å². The van der Waals surface area contributed by atoms with Crippen LogP contribution in [0.2, 0.25) is 0 Å². The minimum absolute atomic E-state index is 0.435. The maximum absolute atomic E-state index is 12.9. The first kappa shape index (κ1) is 6.86. The third-order valence-corrected chi connectivity index (χ3v) is 1.58. The van der Waals surface area contributed by atoms with Crippen LogP contribution in [0.3, 0.4) is 0 Å². The largest absolute Gasteiger partial charge is 0.420 e. The predicted octanol–water partition coefficient (Wildman–Crippen LogP) is 1.91. The van der Waals surface area contributed by atoms with E-state index < -0.39 is 5.78 Å². The highest BCUT2D eigenvalue weighted by atomic mass is 31.0. The van der Waals surface area contributed by atoms with E-state index in [1.807, 2.05) is 9.24 Å². The van der Waals surface area contributed by atoms with Gasteiger partial charge in [0, 0.05) is 0 Å². The molecule has 0 saturated heterocycles. The molecule has 0 aliphatic carbocycles. The van der Waals surface area contributed by atoms with E-state index in [-0.39, 0.29) is 0 Å². The minimum Gasteiger partial charge on any atom is -0.420 e. The Balaban J connectivity index is 2.41. The first-order valence-electron chi connectivity index (χ1n) is 3.12. The van der Waals surface area contributed by atoms with Crippen LogP contribution in [0, 0.1) is 0 Å². The molecule has 0 bridgehead atoms. The lowest BCUT2D eigenvalue weighted by Crippen LogP contribution is -2.23. The summed E-state index contributed by atoms with van der Waals surface area (Å²) in [6.07, 6.45) is 0. The van der Waals surface area contributed by atoms with Crippen molar-refractivity contribution < 1.29 is 13.9 Å². The van der Waals surface area contributed by atoms with E-state index in [2.05, 4.69) is 0 Å². The number of alkyl halides is 1. The van der Waals surface area contributed by atoms with Crippen molar-refractivity contribution in [2.24, 2.45) is 0 Å². The predicted molar refractivity (Wildman–Crippen MR) is 41.2 cm³/mol. The van der Waals surface area contributed by atoms with Crippen molar-refractivity contribution in [3.05, 3.63) is 24.3 Å². The Labute approximate surface area is 65.5 Å². The topological polar surface area (TPSA) is 18.5 Å². The maximum atomic E-state index is 12.9. The fourth-order valence-corrected chi connectivity index (χ4v) is 1.19. The molecule has 58 valence electrons. The normalized spacial score (nSPS) is 18.4. The summed E-state index contributed by atoms with van der Waals surface area (Å²) in [5, 5.41) is 0. The standard InChI is InChI=1S/C7H6FO2P/c8-7(11)9-5-3-1-2-4-6(5)10-7/h1-4H,11H2. The number of hydrogen-bond acceptors (Lipinski definition) is 2. The molecule has 1 aliphatic heterocycles. The van der Waals surface area contributed by atoms with Crippen LogP contribution in [-0.2, 0) is 0 Å². The van der Waals surface area contributed by atoms with E-state index in [4.69, 9.17) is 9.47 Å². The van der Waals surface area contributed by atoms with E-state index in [0.717, 1.165) is 0 Å². The Bertz CT molecular complexity index is 261. The zero-order valence-corrected chi connectivity index (χ0v) is 6.74. The van der Waals surface area contributed by atoms with Crippen molar-refractivity contribution in [2.75, 3.05) is 0 Å². The molecule has 4 heteroatoms. The van der Waals surface area contributed by atoms with Gasteiger partial charge in [-0.1, -0.05) is 12.1 Å². The van der Waals surface area contributed by atoms with Crippen molar-refractivity contribution in [2.45, 2.75) is 5.78 Å². The van der Waals surface area contributed by atoms with Gasteiger partial charge in [-0.3, -0.25) is 0 Å². The molecule has 2 nitrogen and oxygen atoms in total. The third kappa shape index (κ3) is 1.16. The van der Waals surface area contributed by atoms with Gasteiger partial charge in [0.15, 0.2) is 11.5 Å². The second-order valence-electron chi connectivity index (χ2n) is 2.23. The molecule has 1 heterocycles. The van der Waals surface area contributed by atoms with Crippen molar-refractivity contribution in [3.8, 4) is 11.5 Å². The average Bonchev–Trinajstić information content (AvgIpc) is 2.21. The van der Waals surface area contributed by atoms with Crippen molar-refractivity contribution in [1.29, 1.82) is 0 Å². The summed E-state index contributed by atoms with van der Waals surface area (Å²) < 4.78 is 22.5. The number of hydrogen-bond donors (Lipinski definition) is 0. The van der Waals surface area contributed by atoms with E-state index in [1.54, 1.807) is 24.3 Å². The van der Waals surface area contributed by atoms with Crippen LogP contribution in [0.5, 0.6) is 11.5 Å². The lowest BCUT2D eigenvalue weighted by molar-refractivity contribution is -0.104. The molecule has 0 saturated carbocycles. The molecular formula is C7H6FO2P. The summed E-state index contributed by atoms with van der Waals surface area (Å²) in [7, 11) is 1.84. The first-order chi connectivity index (χ1) is 5.17. The number of para-hydroxylation sites is 2. The Hall–Kier alpha value is -0.820. The van der Waals surface area contributed by atoms with E-state index in [1.165, 1.54) is 0 Å². The van der Waals surface area contributed by atoms with Gasteiger partial charge in [0.05, 0.1) is 0 Å². The Morgan fingerprint density at radius 2 is 1.64 bits per heavy atom. The lowest BCUT2D eigenvalue weighted by Gasteiger charge is -2.10. The summed E-state index contributed by atoms with van der Waals surface area (Å²) in [4.78, 5) is 0. The molecule has 1 aromatic rings. The van der Waals surface area contributed by atoms with Crippen LogP contribution in [-0.4, -0.2) is 5.78 Å². The van der Waals surface area contributed by atoms with E-state index in [0.29, 0.717) is 11.5 Å². The van der Waals surface area contributed by atoms with Crippen LogP contribution < -0.4 is 9.47 Å². The van der Waals surface area contributed by atoms with Crippen LogP contribution in [0.4, 0.5) is 4.39 Å². The van der Waals surface area contributed by atoms with Gasteiger partial charge >= 0.3 is 5.78 Å². The van der Waals surface area contributed by atoms with Gasteiger partial charge in [-0.15, -0.1) is 0 Å². The average molecular weight is 172 g/mol. The highest BCUT2D eigenvalue weighted by Crippen LogP contribution is 2.42. The van der Waals surface area contributed by atoms with Gasteiger partial charge in [-0.2, -0.15) is 4.39 Å².